The van der Waals surface area contributed by atoms with Gasteiger partial charge in [0.25, 0.3) is 0 Å². The number of benzene rings is 1. The first-order valence-corrected chi connectivity index (χ1v) is 12.7. The SMILES string of the molecule is CSCC[C@@H](C(=O)O[C@@H](C)C(=O)c1ccccc1)N1C(=O)[C@@H]2[C@@H]3C=C[C@H]([C@H]4C[C@H]34)[C@@H]2C1=O. The van der Waals surface area contributed by atoms with Crippen LogP contribution in [-0.4, -0.2) is 52.6 Å². The van der Waals surface area contributed by atoms with Gasteiger partial charge in [-0.05, 0) is 55.4 Å². The van der Waals surface area contributed by atoms with Crippen molar-refractivity contribution in [1.29, 1.82) is 0 Å². The fraction of sp³-hybridized carbons (Fsp3) is 0.520. The van der Waals surface area contributed by atoms with Crippen molar-refractivity contribution in [3.8, 4) is 0 Å². The van der Waals surface area contributed by atoms with Crippen molar-refractivity contribution in [2.24, 2.45) is 35.5 Å². The Morgan fingerprint density at radius 3 is 2.22 bits per heavy atom. The first-order chi connectivity index (χ1) is 15.4. The number of imide groups is 1. The Morgan fingerprint density at radius 1 is 1.06 bits per heavy atom. The number of ketones is 1. The van der Waals surface area contributed by atoms with E-state index in [0.717, 1.165) is 6.42 Å². The average Bonchev–Trinajstić information content (AvgIpc) is 3.59. The number of esters is 1. The summed E-state index contributed by atoms with van der Waals surface area (Å²) in [6.45, 7) is 1.53. The number of rotatable bonds is 8. The van der Waals surface area contributed by atoms with Gasteiger partial charge < -0.3 is 4.74 Å². The van der Waals surface area contributed by atoms with Crippen LogP contribution in [0.4, 0.5) is 0 Å². The van der Waals surface area contributed by atoms with Crippen molar-refractivity contribution in [2.75, 3.05) is 12.0 Å². The van der Waals surface area contributed by atoms with Gasteiger partial charge in [0, 0.05) is 5.56 Å². The van der Waals surface area contributed by atoms with Gasteiger partial charge in [0.05, 0.1) is 11.8 Å². The molecule has 4 aliphatic carbocycles. The lowest BCUT2D eigenvalue weighted by Crippen LogP contribution is -2.48. The van der Waals surface area contributed by atoms with Gasteiger partial charge in [0.1, 0.15) is 6.04 Å². The lowest BCUT2D eigenvalue weighted by atomic mass is 9.63. The van der Waals surface area contributed by atoms with E-state index in [2.05, 4.69) is 12.2 Å². The summed E-state index contributed by atoms with van der Waals surface area (Å²) in [4.78, 5) is 53.9. The molecule has 1 heterocycles. The van der Waals surface area contributed by atoms with Crippen LogP contribution in [0.5, 0.6) is 0 Å². The Bertz CT molecular complexity index is 955. The molecule has 6 nitrogen and oxygen atoms in total. The van der Waals surface area contributed by atoms with Crippen LogP contribution < -0.4 is 0 Å². The lowest BCUT2D eigenvalue weighted by Gasteiger charge is -2.37. The predicted octanol–water partition coefficient (Wildman–Crippen LogP) is 2.98. The molecule has 1 saturated heterocycles. The molecule has 1 aromatic carbocycles. The highest BCUT2D eigenvalue weighted by molar-refractivity contribution is 7.98. The number of allylic oxidation sites excluding steroid dienone is 2. The molecule has 3 fully saturated rings. The average molecular weight is 454 g/mol. The standard InChI is InChI=1S/C25H27NO5S/c1-13(22(27)14-6-4-3-5-7-14)31-25(30)19(10-11-32-2)26-23(28)20-15-8-9-16(18-12-17(15)18)21(20)24(26)29/h3-9,13,15-21H,10-12H2,1-2H3/t13-,15+,16+,17+,18+,19-,20-,21+/m0/s1. The molecule has 32 heavy (non-hydrogen) atoms. The maximum atomic E-state index is 13.4. The fourth-order valence-corrected chi connectivity index (χ4v) is 6.47. The van der Waals surface area contributed by atoms with Crippen LogP contribution in [0.2, 0.25) is 0 Å². The second-order valence-corrected chi connectivity index (χ2v) is 10.3. The summed E-state index contributed by atoms with van der Waals surface area (Å²) in [6.07, 6.45) is 6.55. The van der Waals surface area contributed by atoms with E-state index in [9.17, 15) is 19.2 Å². The number of nitrogens with zero attached hydrogens (tertiary/aromatic N) is 1. The molecular weight excluding hydrogens is 426 g/mol. The molecule has 1 aromatic rings. The zero-order valence-corrected chi connectivity index (χ0v) is 19.0. The minimum atomic E-state index is -0.998. The van der Waals surface area contributed by atoms with Gasteiger partial charge >= 0.3 is 5.97 Å². The number of carbonyl (C=O) groups is 4. The van der Waals surface area contributed by atoms with Gasteiger partial charge in [-0.25, -0.2) is 4.79 Å². The van der Waals surface area contributed by atoms with E-state index in [4.69, 9.17) is 4.74 Å². The zero-order chi connectivity index (χ0) is 22.6. The Hall–Kier alpha value is -2.41. The second kappa shape index (κ2) is 8.18. The molecule has 2 saturated carbocycles. The normalized spacial score (nSPS) is 33.5. The molecule has 0 N–H and O–H groups in total. The van der Waals surface area contributed by atoms with Crippen molar-refractivity contribution >= 4 is 35.3 Å². The molecule has 0 spiro atoms. The van der Waals surface area contributed by atoms with Gasteiger partial charge in [-0.3, -0.25) is 19.3 Å². The monoisotopic (exact) mass is 453 g/mol. The minimum Gasteiger partial charge on any atom is -0.453 e. The number of ether oxygens (including phenoxy) is 1. The molecule has 0 unspecified atom stereocenters. The summed E-state index contributed by atoms with van der Waals surface area (Å²) >= 11 is 1.54. The molecule has 5 aliphatic rings. The minimum absolute atomic E-state index is 0.104. The van der Waals surface area contributed by atoms with Crippen molar-refractivity contribution in [3.05, 3.63) is 48.0 Å². The second-order valence-electron chi connectivity index (χ2n) is 9.31. The number of likely N-dealkylation sites (tertiary alicyclic amines) is 1. The quantitative estimate of drug-likeness (QED) is 0.261. The van der Waals surface area contributed by atoms with Crippen LogP contribution in [-0.2, 0) is 19.1 Å². The lowest BCUT2D eigenvalue weighted by molar-refractivity contribution is -0.160. The molecule has 6 rings (SSSR count). The van der Waals surface area contributed by atoms with E-state index in [-0.39, 0.29) is 41.3 Å². The molecule has 2 amide bonds. The zero-order valence-electron chi connectivity index (χ0n) is 18.2. The van der Waals surface area contributed by atoms with Crippen molar-refractivity contribution < 1.29 is 23.9 Å². The summed E-state index contributed by atoms with van der Waals surface area (Å²) in [7, 11) is 0. The molecule has 7 heteroatoms. The third-order valence-electron chi connectivity index (χ3n) is 7.60. The van der Waals surface area contributed by atoms with Crippen LogP contribution in [0.15, 0.2) is 42.5 Å². The van der Waals surface area contributed by atoms with Gasteiger partial charge in [-0.1, -0.05) is 42.5 Å². The Morgan fingerprint density at radius 2 is 1.66 bits per heavy atom. The highest BCUT2D eigenvalue weighted by Crippen LogP contribution is 2.65. The summed E-state index contributed by atoms with van der Waals surface area (Å²) in [6, 6.07) is 7.66. The van der Waals surface area contributed by atoms with Gasteiger partial charge in [0.2, 0.25) is 17.6 Å². The van der Waals surface area contributed by atoms with Gasteiger partial charge in [-0.2, -0.15) is 11.8 Å². The van der Waals surface area contributed by atoms with E-state index in [0.29, 0.717) is 29.6 Å². The molecule has 168 valence electrons. The number of carbonyl (C=O) groups excluding carboxylic acids is 4. The van der Waals surface area contributed by atoms with Crippen LogP contribution >= 0.6 is 11.8 Å². The molecule has 0 aromatic heterocycles. The maximum Gasteiger partial charge on any atom is 0.330 e. The van der Waals surface area contributed by atoms with E-state index >= 15 is 0 Å². The van der Waals surface area contributed by atoms with E-state index in [1.807, 2.05) is 12.3 Å². The molecule has 2 bridgehead atoms. The van der Waals surface area contributed by atoms with Crippen molar-refractivity contribution in [3.63, 3.8) is 0 Å². The highest BCUT2D eigenvalue weighted by atomic mass is 32.2. The number of hydrogen-bond acceptors (Lipinski definition) is 6. The number of amides is 2. The van der Waals surface area contributed by atoms with Crippen LogP contribution in [0.25, 0.3) is 0 Å². The van der Waals surface area contributed by atoms with E-state index in [1.54, 1.807) is 36.0 Å². The summed E-state index contributed by atoms with van der Waals surface area (Å²) in [5.74, 6) is -0.360. The first kappa shape index (κ1) is 21.4. The van der Waals surface area contributed by atoms with E-state index in [1.165, 1.54) is 11.8 Å². The summed E-state index contributed by atoms with van der Waals surface area (Å²) in [5, 5.41) is 0. The Balaban J connectivity index is 1.36. The number of thioether (sulfide) groups is 1. The largest absolute Gasteiger partial charge is 0.453 e. The maximum absolute atomic E-state index is 13.4. The summed E-state index contributed by atoms with van der Waals surface area (Å²) in [5.41, 5.74) is 0.453. The Labute approximate surface area is 191 Å². The topological polar surface area (TPSA) is 80.8 Å². The Kier molecular flexibility index (Phi) is 5.48. The van der Waals surface area contributed by atoms with Gasteiger partial charge in [-0.15, -0.1) is 0 Å². The number of Topliss-reactive ketones (excluding diaryl/α,β-unsaturated/α-hetero) is 1. The number of hydrogen-bond donors (Lipinski definition) is 0. The highest BCUT2D eigenvalue weighted by Gasteiger charge is 2.68. The molecule has 0 radical (unpaired) electrons. The van der Waals surface area contributed by atoms with Crippen molar-refractivity contribution in [2.45, 2.75) is 31.9 Å². The predicted molar refractivity (Wildman–Crippen MR) is 120 cm³/mol. The molecule has 1 aliphatic heterocycles. The first-order valence-electron chi connectivity index (χ1n) is 11.3. The van der Waals surface area contributed by atoms with Gasteiger partial charge in [0.15, 0.2) is 6.10 Å². The van der Waals surface area contributed by atoms with Crippen LogP contribution in [0.3, 0.4) is 0 Å². The van der Waals surface area contributed by atoms with Crippen molar-refractivity contribution in [1.82, 2.24) is 4.90 Å². The van der Waals surface area contributed by atoms with Crippen LogP contribution in [0, 0.1) is 35.5 Å². The van der Waals surface area contributed by atoms with Crippen LogP contribution in [0.1, 0.15) is 30.1 Å². The third-order valence-corrected chi connectivity index (χ3v) is 8.24. The molecule has 8 atom stereocenters. The smallest absolute Gasteiger partial charge is 0.330 e. The fourth-order valence-electron chi connectivity index (χ4n) is 6.01. The molecular formula is C25H27NO5S. The summed E-state index contributed by atoms with van der Waals surface area (Å²) < 4.78 is 5.53. The van der Waals surface area contributed by atoms with E-state index < -0.39 is 18.1 Å². The third kappa shape index (κ3) is 3.33.